The van der Waals surface area contributed by atoms with Gasteiger partial charge in [-0.2, -0.15) is 13.2 Å². The number of anilines is 2. The van der Waals surface area contributed by atoms with Crippen molar-refractivity contribution < 1.29 is 46.9 Å². The number of nitrogens with one attached hydrogen (secondary N) is 1. The summed E-state index contributed by atoms with van der Waals surface area (Å²) in [6.45, 7) is 1.19. The summed E-state index contributed by atoms with van der Waals surface area (Å²) >= 11 is 1.24. The lowest BCUT2D eigenvalue weighted by atomic mass is 10.0. The number of hydrogen-bond acceptors (Lipinski definition) is 6. The minimum atomic E-state index is -4.44. The number of benzene rings is 4. The van der Waals surface area contributed by atoms with Gasteiger partial charge in [-0.15, -0.1) is 0 Å². The largest absolute Gasteiger partial charge is 0.478 e. The van der Waals surface area contributed by atoms with Crippen LogP contribution in [-0.4, -0.2) is 28.1 Å². The van der Waals surface area contributed by atoms with Gasteiger partial charge in [-0.1, -0.05) is 36.0 Å². The summed E-state index contributed by atoms with van der Waals surface area (Å²) in [5, 5.41) is 21.1. The number of alkyl halides is 3. The Balaban J connectivity index is 0.000000189. The second-order valence-electron chi connectivity index (χ2n) is 8.54. The Morgan fingerprint density at radius 1 is 0.805 bits per heavy atom. The van der Waals surface area contributed by atoms with Crippen molar-refractivity contribution in [1.82, 2.24) is 0 Å². The van der Waals surface area contributed by atoms with Gasteiger partial charge in [-0.25, -0.2) is 14.0 Å². The van der Waals surface area contributed by atoms with Gasteiger partial charge in [0.1, 0.15) is 17.1 Å². The third-order valence-electron chi connectivity index (χ3n) is 5.68. The molecular weight excluding hydrogens is 566 g/mol. The third kappa shape index (κ3) is 6.84. The van der Waals surface area contributed by atoms with Crippen LogP contribution in [0.25, 0.3) is 11.1 Å². The molecule has 0 unspecified atom stereocenters. The lowest BCUT2D eigenvalue weighted by Gasteiger charge is -2.23. The van der Waals surface area contributed by atoms with Gasteiger partial charge in [0.05, 0.1) is 22.5 Å². The normalized spacial score (nSPS) is 11.6. The van der Waals surface area contributed by atoms with E-state index in [-0.39, 0.29) is 28.4 Å². The molecule has 0 bridgehead atoms. The third-order valence-corrected chi connectivity index (χ3v) is 6.82. The SMILES string of the molecule is CC(=O)Oc1ccc(-c2ccc(F)cc2)cc1C(=O)O.O=C(O)c1cccc2c1Nc1cc(C(F)(F)F)ccc1S2. The molecule has 5 rings (SSSR count). The highest BCUT2D eigenvalue weighted by molar-refractivity contribution is 7.99. The number of para-hydroxylation sites is 1. The van der Waals surface area contributed by atoms with Crippen molar-refractivity contribution in [2.75, 3.05) is 5.32 Å². The number of halogens is 4. The number of carboxylic acid groups (broad SMARTS) is 2. The summed E-state index contributed by atoms with van der Waals surface area (Å²) in [5.41, 5.74) is 0.982. The Morgan fingerprint density at radius 3 is 2.07 bits per heavy atom. The first-order valence-corrected chi connectivity index (χ1v) is 12.5. The van der Waals surface area contributed by atoms with E-state index in [9.17, 15) is 31.9 Å². The van der Waals surface area contributed by atoms with Gasteiger partial charge >= 0.3 is 24.1 Å². The molecule has 0 spiro atoms. The van der Waals surface area contributed by atoms with Gasteiger partial charge in [0.25, 0.3) is 0 Å². The molecule has 3 N–H and O–H groups in total. The van der Waals surface area contributed by atoms with Crippen molar-refractivity contribution in [3.8, 4) is 16.9 Å². The van der Waals surface area contributed by atoms with Crippen molar-refractivity contribution in [2.45, 2.75) is 22.9 Å². The molecule has 7 nitrogen and oxygen atoms in total. The van der Waals surface area contributed by atoms with Gasteiger partial charge in [0.2, 0.25) is 0 Å². The molecule has 0 saturated heterocycles. The molecule has 0 radical (unpaired) electrons. The predicted octanol–water partition coefficient (Wildman–Crippen LogP) is 7.73. The molecular formula is C29H19F4NO6S. The van der Waals surface area contributed by atoms with Crippen molar-refractivity contribution in [3.63, 3.8) is 0 Å². The average molecular weight is 586 g/mol. The topological polar surface area (TPSA) is 113 Å². The van der Waals surface area contributed by atoms with Gasteiger partial charge in [-0.05, 0) is 65.7 Å². The molecule has 4 aromatic carbocycles. The zero-order chi connectivity index (χ0) is 29.9. The van der Waals surface area contributed by atoms with E-state index >= 15 is 0 Å². The van der Waals surface area contributed by atoms with Crippen molar-refractivity contribution in [2.24, 2.45) is 0 Å². The highest BCUT2D eigenvalue weighted by Gasteiger charge is 2.32. The number of hydrogen-bond donors (Lipinski definition) is 3. The smallest absolute Gasteiger partial charge is 0.416 e. The van der Waals surface area contributed by atoms with Gasteiger partial charge in [-0.3, -0.25) is 4.79 Å². The number of ether oxygens (including phenoxy) is 1. The van der Waals surface area contributed by atoms with Gasteiger partial charge < -0.3 is 20.3 Å². The first kappa shape index (κ1) is 29.2. The Morgan fingerprint density at radius 2 is 1.46 bits per heavy atom. The number of carbonyl (C=O) groups is 3. The average Bonchev–Trinajstić information content (AvgIpc) is 2.91. The van der Waals surface area contributed by atoms with Crippen molar-refractivity contribution >= 4 is 41.0 Å². The second-order valence-corrected chi connectivity index (χ2v) is 9.62. The number of carbonyl (C=O) groups excluding carboxylic acids is 1. The molecule has 0 atom stereocenters. The highest BCUT2D eigenvalue weighted by atomic mass is 32.2. The summed E-state index contributed by atoms with van der Waals surface area (Å²) in [6.07, 6.45) is -4.44. The van der Waals surface area contributed by atoms with Crippen LogP contribution in [0.1, 0.15) is 33.2 Å². The number of fused-ring (bicyclic) bond motifs is 2. The summed E-state index contributed by atoms with van der Waals surface area (Å²) in [7, 11) is 0. The summed E-state index contributed by atoms with van der Waals surface area (Å²) in [6, 6.07) is 18.2. The number of rotatable bonds is 4. The van der Waals surface area contributed by atoms with Crippen LogP contribution in [0.4, 0.5) is 28.9 Å². The molecule has 12 heteroatoms. The number of carboxylic acids is 2. The van der Waals surface area contributed by atoms with Crippen LogP contribution < -0.4 is 10.1 Å². The van der Waals surface area contributed by atoms with Crippen molar-refractivity contribution in [1.29, 1.82) is 0 Å². The molecule has 0 aliphatic carbocycles. The molecule has 4 aromatic rings. The fourth-order valence-corrected chi connectivity index (χ4v) is 4.83. The lowest BCUT2D eigenvalue weighted by Crippen LogP contribution is -2.10. The Labute approximate surface area is 234 Å². The van der Waals surface area contributed by atoms with E-state index in [0.29, 0.717) is 26.6 Å². The molecule has 0 amide bonds. The summed E-state index contributed by atoms with van der Waals surface area (Å²) in [5.74, 6) is -3.32. The second kappa shape index (κ2) is 11.7. The fraction of sp³-hybridized carbons (Fsp3) is 0.0690. The van der Waals surface area contributed by atoms with Crippen LogP contribution in [0.15, 0.2) is 88.7 Å². The maximum absolute atomic E-state index is 12.9. The maximum atomic E-state index is 12.9. The van der Waals surface area contributed by atoms with Crippen molar-refractivity contribution in [3.05, 3.63) is 101 Å². The molecule has 1 aliphatic rings. The predicted molar refractivity (Wildman–Crippen MR) is 142 cm³/mol. The van der Waals surface area contributed by atoms with Crippen LogP contribution in [0.2, 0.25) is 0 Å². The van der Waals surface area contributed by atoms with E-state index in [2.05, 4.69) is 5.32 Å². The Kier molecular flexibility index (Phi) is 8.33. The molecule has 0 fully saturated rings. The highest BCUT2D eigenvalue weighted by Crippen LogP contribution is 2.47. The molecule has 0 aromatic heterocycles. The van der Waals surface area contributed by atoms with E-state index in [1.54, 1.807) is 30.3 Å². The Bertz CT molecular complexity index is 1650. The monoisotopic (exact) mass is 585 g/mol. The van der Waals surface area contributed by atoms with E-state index in [4.69, 9.17) is 14.9 Å². The molecule has 210 valence electrons. The van der Waals surface area contributed by atoms with E-state index in [1.807, 2.05) is 0 Å². The standard InChI is InChI=1S/C15H11FO4.C14H8F3NO2S/c1-9(17)20-14-7-4-11(8-13(14)15(18)19)10-2-5-12(16)6-3-10;15-14(16,17)7-4-5-10-9(6-7)18-12-8(13(19)20)2-1-3-11(12)21-10/h2-8H,1H3,(H,18,19);1-6,18H,(H,19,20). The van der Waals surface area contributed by atoms with E-state index in [1.165, 1.54) is 55.1 Å². The zero-order valence-corrected chi connectivity index (χ0v) is 21.8. The van der Waals surface area contributed by atoms with Crippen LogP contribution >= 0.6 is 11.8 Å². The lowest BCUT2D eigenvalue weighted by molar-refractivity contribution is -0.137. The fourth-order valence-electron chi connectivity index (χ4n) is 3.83. The van der Waals surface area contributed by atoms with Crippen LogP contribution in [-0.2, 0) is 11.0 Å². The summed E-state index contributed by atoms with van der Waals surface area (Å²) in [4.78, 5) is 34.6. The van der Waals surface area contributed by atoms with E-state index < -0.39 is 29.6 Å². The minimum absolute atomic E-state index is 0.0177. The maximum Gasteiger partial charge on any atom is 0.416 e. The van der Waals surface area contributed by atoms with Crippen LogP contribution in [0, 0.1) is 5.82 Å². The zero-order valence-electron chi connectivity index (χ0n) is 21.0. The van der Waals surface area contributed by atoms with E-state index in [0.717, 1.165) is 12.1 Å². The number of esters is 1. The first-order chi connectivity index (χ1) is 19.3. The van der Waals surface area contributed by atoms with Crippen LogP contribution in [0.5, 0.6) is 5.75 Å². The molecule has 1 heterocycles. The Hall–Kier alpha value is -4.84. The van der Waals surface area contributed by atoms with Gasteiger partial charge in [0.15, 0.2) is 0 Å². The molecule has 41 heavy (non-hydrogen) atoms. The van der Waals surface area contributed by atoms with Gasteiger partial charge in [0, 0.05) is 16.7 Å². The minimum Gasteiger partial charge on any atom is -0.478 e. The molecule has 1 aliphatic heterocycles. The van der Waals surface area contributed by atoms with Crippen LogP contribution in [0.3, 0.4) is 0 Å². The number of aromatic carboxylic acids is 2. The molecule has 0 saturated carbocycles. The quantitative estimate of drug-likeness (QED) is 0.112. The first-order valence-electron chi connectivity index (χ1n) is 11.7. The summed E-state index contributed by atoms with van der Waals surface area (Å²) < 4.78 is 55.9.